The molecule has 1 aliphatic heterocycles. The SMILES string of the molecule is CCNC(=NCc1cccnc1N1CCN(C)CC1)NCc1ncc(C)s1.I. The standard InChI is InChI=1S/C19H29N7S.HI/c1-4-20-19(24-14-17-22-12-15(2)27-17)23-13-16-6-5-7-21-18(16)26-10-8-25(3)9-11-26;/h5-7,12H,4,8-11,13-14H2,1-3H3,(H2,20,23,24);1H. The Labute approximate surface area is 188 Å². The average Bonchev–Trinajstić information content (AvgIpc) is 3.10. The van der Waals surface area contributed by atoms with Crippen LogP contribution in [0.15, 0.2) is 29.5 Å². The van der Waals surface area contributed by atoms with E-state index >= 15 is 0 Å². The second kappa shape index (κ2) is 11.5. The van der Waals surface area contributed by atoms with E-state index in [1.165, 1.54) is 4.88 Å². The molecular formula is C19H30IN7S. The van der Waals surface area contributed by atoms with Crippen LogP contribution in [0, 0.1) is 6.92 Å². The zero-order valence-electron chi connectivity index (χ0n) is 16.8. The Morgan fingerprint density at radius 3 is 2.68 bits per heavy atom. The molecule has 9 heteroatoms. The number of nitrogens with one attached hydrogen (secondary N) is 2. The van der Waals surface area contributed by atoms with Crippen LogP contribution in [0.3, 0.4) is 0 Å². The zero-order valence-corrected chi connectivity index (χ0v) is 20.0. The highest BCUT2D eigenvalue weighted by atomic mass is 127. The lowest BCUT2D eigenvalue weighted by atomic mass is 10.2. The number of piperazine rings is 1. The first kappa shape index (κ1) is 22.8. The van der Waals surface area contributed by atoms with Gasteiger partial charge in [0.1, 0.15) is 10.8 Å². The van der Waals surface area contributed by atoms with Crippen LogP contribution in [0.4, 0.5) is 5.82 Å². The lowest BCUT2D eigenvalue weighted by Gasteiger charge is -2.34. The van der Waals surface area contributed by atoms with E-state index in [0.717, 1.165) is 55.1 Å². The molecular weight excluding hydrogens is 485 g/mol. The highest BCUT2D eigenvalue weighted by Crippen LogP contribution is 2.19. The fourth-order valence-corrected chi connectivity index (χ4v) is 3.73. The van der Waals surface area contributed by atoms with Gasteiger partial charge in [0.25, 0.3) is 0 Å². The number of likely N-dealkylation sites (N-methyl/N-ethyl adjacent to an activating group) is 1. The van der Waals surface area contributed by atoms with Gasteiger partial charge < -0.3 is 20.4 Å². The van der Waals surface area contributed by atoms with Crippen molar-refractivity contribution in [1.82, 2.24) is 25.5 Å². The summed E-state index contributed by atoms with van der Waals surface area (Å²) in [6, 6.07) is 4.11. The molecule has 0 amide bonds. The van der Waals surface area contributed by atoms with E-state index in [-0.39, 0.29) is 24.0 Å². The van der Waals surface area contributed by atoms with E-state index in [4.69, 9.17) is 4.99 Å². The number of aromatic nitrogens is 2. The minimum Gasteiger partial charge on any atom is -0.357 e. The predicted octanol–water partition coefficient (Wildman–Crippen LogP) is 2.47. The summed E-state index contributed by atoms with van der Waals surface area (Å²) < 4.78 is 0. The van der Waals surface area contributed by atoms with Crippen molar-refractivity contribution in [2.75, 3.05) is 44.7 Å². The molecule has 3 heterocycles. The summed E-state index contributed by atoms with van der Waals surface area (Å²) in [7, 11) is 2.17. The summed E-state index contributed by atoms with van der Waals surface area (Å²) in [6.45, 7) is 10.4. The Hall–Kier alpha value is -1.46. The third kappa shape index (κ3) is 6.56. The van der Waals surface area contributed by atoms with E-state index in [0.29, 0.717) is 13.1 Å². The first-order chi connectivity index (χ1) is 13.2. The highest BCUT2D eigenvalue weighted by Gasteiger charge is 2.17. The Morgan fingerprint density at radius 1 is 1.21 bits per heavy atom. The minimum absolute atomic E-state index is 0. The number of thiazole rings is 1. The van der Waals surface area contributed by atoms with E-state index in [1.54, 1.807) is 11.3 Å². The van der Waals surface area contributed by atoms with Gasteiger partial charge in [0, 0.05) is 55.6 Å². The van der Waals surface area contributed by atoms with Crippen LogP contribution in [-0.2, 0) is 13.1 Å². The van der Waals surface area contributed by atoms with Gasteiger partial charge in [0.2, 0.25) is 0 Å². The summed E-state index contributed by atoms with van der Waals surface area (Å²) >= 11 is 1.71. The smallest absolute Gasteiger partial charge is 0.191 e. The monoisotopic (exact) mass is 515 g/mol. The Bertz CT molecular complexity index is 756. The molecule has 1 saturated heterocycles. The fraction of sp³-hybridized carbons (Fsp3) is 0.526. The van der Waals surface area contributed by atoms with Crippen molar-refractivity contribution in [3.63, 3.8) is 0 Å². The molecule has 0 atom stereocenters. The second-order valence-electron chi connectivity index (χ2n) is 6.69. The summed E-state index contributed by atoms with van der Waals surface area (Å²) in [6.07, 6.45) is 3.78. The molecule has 28 heavy (non-hydrogen) atoms. The molecule has 1 aliphatic rings. The van der Waals surface area contributed by atoms with Gasteiger partial charge in [-0.05, 0) is 27.0 Å². The summed E-state index contributed by atoms with van der Waals surface area (Å²) in [5, 5.41) is 7.75. The lowest BCUT2D eigenvalue weighted by molar-refractivity contribution is 0.312. The number of aliphatic imine (C=N–C) groups is 1. The molecule has 3 rings (SSSR count). The van der Waals surface area contributed by atoms with Crippen LogP contribution in [-0.4, -0.2) is 60.6 Å². The van der Waals surface area contributed by atoms with Gasteiger partial charge in [-0.2, -0.15) is 0 Å². The molecule has 0 radical (unpaired) electrons. The van der Waals surface area contributed by atoms with Crippen molar-refractivity contribution in [1.29, 1.82) is 0 Å². The van der Waals surface area contributed by atoms with Crippen molar-refractivity contribution in [3.8, 4) is 0 Å². The van der Waals surface area contributed by atoms with Crippen LogP contribution >= 0.6 is 35.3 Å². The van der Waals surface area contributed by atoms with E-state index in [2.05, 4.69) is 57.4 Å². The van der Waals surface area contributed by atoms with E-state index < -0.39 is 0 Å². The van der Waals surface area contributed by atoms with Crippen molar-refractivity contribution in [3.05, 3.63) is 40.0 Å². The van der Waals surface area contributed by atoms with Crippen LogP contribution in [0.25, 0.3) is 0 Å². The largest absolute Gasteiger partial charge is 0.357 e. The summed E-state index contributed by atoms with van der Waals surface area (Å²) in [4.78, 5) is 19.7. The number of anilines is 1. The van der Waals surface area contributed by atoms with Gasteiger partial charge in [-0.3, -0.25) is 0 Å². The summed E-state index contributed by atoms with van der Waals surface area (Å²) in [5.74, 6) is 1.86. The van der Waals surface area contributed by atoms with E-state index in [1.807, 2.05) is 18.5 Å². The quantitative estimate of drug-likeness (QED) is 0.350. The average molecular weight is 515 g/mol. The zero-order chi connectivity index (χ0) is 19.1. The number of aryl methyl sites for hydroxylation is 1. The topological polar surface area (TPSA) is 68.7 Å². The predicted molar refractivity (Wildman–Crippen MR) is 128 cm³/mol. The maximum atomic E-state index is 4.77. The molecule has 7 nitrogen and oxygen atoms in total. The van der Waals surface area contributed by atoms with Gasteiger partial charge in [-0.15, -0.1) is 35.3 Å². The fourth-order valence-electron chi connectivity index (χ4n) is 3.01. The van der Waals surface area contributed by atoms with Crippen LogP contribution in [0.2, 0.25) is 0 Å². The van der Waals surface area contributed by atoms with Crippen LogP contribution < -0.4 is 15.5 Å². The molecule has 2 N–H and O–H groups in total. The second-order valence-corrected chi connectivity index (χ2v) is 8.01. The van der Waals surface area contributed by atoms with E-state index in [9.17, 15) is 0 Å². The number of hydrogen-bond acceptors (Lipinski definition) is 6. The molecule has 0 spiro atoms. The molecule has 0 saturated carbocycles. The first-order valence-electron chi connectivity index (χ1n) is 9.46. The van der Waals surface area contributed by atoms with Crippen LogP contribution in [0.1, 0.15) is 22.4 Å². The number of pyridine rings is 1. The van der Waals surface area contributed by atoms with Gasteiger partial charge >= 0.3 is 0 Å². The lowest BCUT2D eigenvalue weighted by Crippen LogP contribution is -2.45. The molecule has 2 aromatic rings. The maximum Gasteiger partial charge on any atom is 0.191 e. The van der Waals surface area contributed by atoms with Crippen molar-refractivity contribution in [2.24, 2.45) is 4.99 Å². The molecule has 154 valence electrons. The maximum absolute atomic E-state index is 4.77. The molecule has 0 aliphatic carbocycles. The molecule has 1 fully saturated rings. The Balaban J connectivity index is 0.00000280. The molecule has 0 unspecified atom stereocenters. The third-order valence-corrected chi connectivity index (χ3v) is 5.41. The number of guanidine groups is 1. The number of hydrogen-bond donors (Lipinski definition) is 2. The molecule has 2 aromatic heterocycles. The number of halogens is 1. The van der Waals surface area contributed by atoms with Gasteiger partial charge in [0.05, 0.1) is 13.1 Å². The van der Waals surface area contributed by atoms with Gasteiger partial charge in [-0.1, -0.05) is 6.07 Å². The summed E-state index contributed by atoms with van der Waals surface area (Å²) in [5.41, 5.74) is 1.16. The molecule has 0 bridgehead atoms. The molecule has 0 aromatic carbocycles. The van der Waals surface area contributed by atoms with Crippen molar-refractivity contribution < 1.29 is 0 Å². The van der Waals surface area contributed by atoms with Crippen molar-refractivity contribution in [2.45, 2.75) is 26.9 Å². The number of rotatable bonds is 6. The Kier molecular flexibility index (Phi) is 9.39. The third-order valence-electron chi connectivity index (χ3n) is 4.50. The highest BCUT2D eigenvalue weighted by molar-refractivity contribution is 14.0. The number of nitrogens with zero attached hydrogens (tertiary/aromatic N) is 5. The Morgan fingerprint density at radius 2 is 2.00 bits per heavy atom. The van der Waals surface area contributed by atoms with Crippen LogP contribution in [0.5, 0.6) is 0 Å². The minimum atomic E-state index is 0. The first-order valence-corrected chi connectivity index (χ1v) is 10.3. The van der Waals surface area contributed by atoms with Gasteiger partial charge in [0.15, 0.2) is 5.96 Å². The normalized spacial score (nSPS) is 15.2. The van der Waals surface area contributed by atoms with Crippen molar-refractivity contribution >= 4 is 47.1 Å². The van der Waals surface area contributed by atoms with Gasteiger partial charge in [-0.25, -0.2) is 15.0 Å².